The Morgan fingerprint density at radius 1 is 0.960 bits per heavy atom. The van der Waals surface area contributed by atoms with Gasteiger partial charge in [-0.1, -0.05) is 39.0 Å². The summed E-state index contributed by atoms with van der Waals surface area (Å²) in [7, 11) is 0. The van der Waals surface area contributed by atoms with E-state index in [1.54, 1.807) is 12.1 Å². The molecule has 0 aliphatic heterocycles. The summed E-state index contributed by atoms with van der Waals surface area (Å²) in [5.41, 5.74) is 1.13. The summed E-state index contributed by atoms with van der Waals surface area (Å²) >= 11 is 0. The Balaban J connectivity index is 2.50. The fourth-order valence-corrected chi connectivity index (χ4v) is 2.69. The quantitative estimate of drug-likeness (QED) is 0.641. The molecule has 0 radical (unpaired) electrons. The van der Waals surface area contributed by atoms with E-state index in [-0.39, 0.29) is 16.9 Å². The number of nitrogens with one attached hydrogen (secondary N) is 1. The van der Waals surface area contributed by atoms with Crippen LogP contribution in [0.25, 0.3) is 10.8 Å². The Hall–Kier alpha value is -2.40. The summed E-state index contributed by atoms with van der Waals surface area (Å²) < 4.78 is 10.4. The zero-order valence-corrected chi connectivity index (χ0v) is 15.4. The first kappa shape index (κ1) is 18.9. The second-order valence-corrected chi connectivity index (χ2v) is 6.71. The van der Waals surface area contributed by atoms with Gasteiger partial charge < -0.3 is 14.8 Å². The minimum absolute atomic E-state index is 0.0413. The number of likely N-dealkylation sites (N-methyl/N-ethyl adjacent to an activating group) is 1. The average Bonchev–Trinajstić information content (AvgIpc) is 2.52. The summed E-state index contributed by atoms with van der Waals surface area (Å²) in [5.74, 6) is -0.431. The van der Waals surface area contributed by atoms with Crippen LogP contribution >= 0.6 is 0 Å². The zero-order chi connectivity index (χ0) is 18.6. The molecule has 25 heavy (non-hydrogen) atoms. The highest BCUT2D eigenvalue weighted by Gasteiger charge is 2.21. The third-order valence-corrected chi connectivity index (χ3v) is 4.01. The molecule has 134 valence electrons. The van der Waals surface area contributed by atoms with Gasteiger partial charge >= 0.3 is 11.9 Å². The number of ether oxygens (including phenoxy) is 2. The van der Waals surface area contributed by atoms with E-state index in [2.05, 4.69) is 38.2 Å². The van der Waals surface area contributed by atoms with Crippen molar-refractivity contribution in [3.05, 3.63) is 35.9 Å². The summed E-state index contributed by atoms with van der Waals surface area (Å²) in [4.78, 5) is 22.7. The number of carbonyl (C=O) groups is 2. The van der Waals surface area contributed by atoms with Crippen molar-refractivity contribution in [1.29, 1.82) is 0 Å². The van der Waals surface area contributed by atoms with Crippen LogP contribution in [0.1, 0.15) is 40.2 Å². The Morgan fingerprint density at radius 2 is 1.52 bits per heavy atom. The molecular weight excluding hydrogens is 318 g/mol. The molecule has 0 saturated carbocycles. The molecule has 0 fully saturated rings. The van der Waals surface area contributed by atoms with Crippen molar-refractivity contribution in [2.75, 3.05) is 13.1 Å². The van der Waals surface area contributed by atoms with Crippen LogP contribution in [0, 0.1) is 0 Å². The van der Waals surface area contributed by atoms with Crippen molar-refractivity contribution in [3.8, 4) is 11.5 Å². The largest absolute Gasteiger partial charge is 0.423 e. The lowest BCUT2D eigenvalue weighted by molar-refractivity contribution is -0.134. The van der Waals surface area contributed by atoms with E-state index in [1.165, 1.54) is 19.4 Å². The topological polar surface area (TPSA) is 64.6 Å². The molecule has 0 aliphatic carbocycles. The van der Waals surface area contributed by atoms with E-state index in [9.17, 15) is 9.59 Å². The Morgan fingerprint density at radius 3 is 2.04 bits per heavy atom. The van der Waals surface area contributed by atoms with Gasteiger partial charge in [0.1, 0.15) is 0 Å². The van der Waals surface area contributed by atoms with Crippen LogP contribution in [0.2, 0.25) is 0 Å². The van der Waals surface area contributed by atoms with Gasteiger partial charge in [0.05, 0.1) is 0 Å². The first-order chi connectivity index (χ1) is 11.7. The fourth-order valence-electron chi connectivity index (χ4n) is 2.69. The number of esters is 2. The van der Waals surface area contributed by atoms with Crippen LogP contribution in [0.4, 0.5) is 0 Å². The van der Waals surface area contributed by atoms with Gasteiger partial charge in [-0.3, -0.25) is 9.59 Å². The predicted octanol–water partition coefficient (Wildman–Crippen LogP) is 3.58. The smallest absolute Gasteiger partial charge is 0.308 e. The van der Waals surface area contributed by atoms with E-state index < -0.39 is 11.9 Å². The summed E-state index contributed by atoms with van der Waals surface area (Å²) in [6.07, 6.45) is 0. The molecule has 0 atom stereocenters. The first-order valence-electron chi connectivity index (χ1n) is 8.39. The van der Waals surface area contributed by atoms with Gasteiger partial charge in [-0.2, -0.15) is 0 Å². The van der Waals surface area contributed by atoms with Gasteiger partial charge in [0.25, 0.3) is 0 Å². The van der Waals surface area contributed by atoms with Crippen LogP contribution in [-0.2, 0) is 15.0 Å². The van der Waals surface area contributed by atoms with Crippen molar-refractivity contribution in [2.24, 2.45) is 0 Å². The van der Waals surface area contributed by atoms with E-state index in [0.29, 0.717) is 0 Å². The Bertz CT molecular complexity index is 796. The maximum atomic E-state index is 11.4. The highest BCUT2D eigenvalue weighted by molar-refractivity contribution is 5.89. The molecule has 0 heterocycles. The molecule has 0 amide bonds. The molecule has 1 N–H and O–H groups in total. The minimum atomic E-state index is -0.462. The lowest BCUT2D eigenvalue weighted by Gasteiger charge is -2.26. The third kappa shape index (κ3) is 4.79. The van der Waals surface area contributed by atoms with Crippen LogP contribution in [0.15, 0.2) is 30.3 Å². The molecular formula is C20H25NO4. The van der Waals surface area contributed by atoms with Crippen molar-refractivity contribution < 1.29 is 19.1 Å². The summed E-state index contributed by atoms with van der Waals surface area (Å²) in [6, 6.07) is 9.60. The number of benzene rings is 2. The second-order valence-electron chi connectivity index (χ2n) is 6.71. The van der Waals surface area contributed by atoms with E-state index in [4.69, 9.17) is 9.47 Å². The molecule has 0 aliphatic rings. The van der Waals surface area contributed by atoms with Crippen LogP contribution in [-0.4, -0.2) is 25.0 Å². The fraction of sp³-hybridized carbons (Fsp3) is 0.400. The van der Waals surface area contributed by atoms with Gasteiger partial charge in [0.15, 0.2) is 11.5 Å². The van der Waals surface area contributed by atoms with Gasteiger partial charge in [-0.25, -0.2) is 0 Å². The van der Waals surface area contributed by atoms with E-state index >= 15 is 0 Å². The summed E-state index contributed by atoms with van der Waals surface area (Å²) in [6.45, 7) is 10.8. The van der Waals surface area contributed by atoms with E-state index in [0.717, 1.165) is 23.9 Å². The molecule has 2 aromatic carbocycles. The molecule has 0 bridgehead atoms. The molecule has 2 rings (SSSR count). The van der Waals surface area contributed by atoms with Gasteiger partial charge in [0, 0.05) is 25.8 Å². The van der Waals surface area contributed by atoms with Crippen molar-refractivity contribution in [2.45, 2.75) is 40.0 Å². The van der Waals surface area contributed by atoms with Crippen LogP contribution in [0.3, 0.4) is 0 Å². The Labute approximate surface area is 148 Å². The Kier molecular flexibility index (Phi) is 5.80. The number of hydrogen-bond donors (Lipinski definition) is 1. The third-order valence-electron chi connectivity index (χ3n) is 4.01. The van der Waals surface area contributed by atoms with Crippen LogP contribution < -0.4 is 14.8 Å². The van der Waals surface area contributed by atoms with Crippen molar-refractivity contribution in [1.82, 2.24) is 5.32 Å². The molecule has 5 heteroatoms. The number of hydrogen-bond acceptors (Lipinski definition) is 5. The van der Waals surface area contributed by atoms with E-state index in [1.807, 2.05) is 6.07 Å². The maximum absolute atomic E-state index is 11.4. The number of rotatable bonds is 6. The molecule has 0 unspecified atom stereocenters. The van der Waals surface area contributed by atoms with Crippen molar-refractivity contribution in [3.63, 3.8) is 0 Å². The number of carbonyl (C=O) groups excluding carboxylic acids is 2. The lowest BCUT2D eigenvalue weighted by Crippen LogP contribution is -2.32. The standard InChI is InChI=1S/C20H25NO4/c1-6-21-12-20(4,5)17-8-7-15-10-18(24-13(2)22)19(25-14(3)23)11-16(15)9-17/h7-11,21H,6,12H2,1-5H3. The first-order valence-corrected chi connectivity index (χ1v) is 8.39. The number of fused-ring (bicyclic) bond motifs is 1. The minimum Gasteiger partial charge on any atom is -0.423 e. The molecule has 0 spiro atoms. The highest BCUT2D eigenvalue weighted by Crippen LogP contribution is 2.35. The van der Waals surface area contributed by atoms with Crippen LogP contribution in [0.5, 0.6) is 11.5 Å². The zero-order valence-electron chi connectivity index (χ0n) is 15.4. The van der Waals surface area contributed by atoms with Gasteiger partial charge in [0.2, 0.25) is 0 Å². The monoisotopic (exact) mass is 343 g/mol. The normalized spacial score (nSPS) is 11.4. The molecule has 0 saturated heterocycles. The summed E-state index contributed by atoms with van der Waals surface area (Å²) in [5, 5.41) is 5.21. The molecule has 2 aromatic rings. The molecule has 5 nitrogen and oxygen atoms in total. The average molecular weight is 343 g/mol. The SMILES string of the molecule is CCNCC(C)(C)c1ccc2cc(OC(C)=O)c(OC(C)=O)cc2c1. The lowest BCUT2D eigenvalue weighted by atomic mass is 9.83. The predicted molar refractivity (Wildman–Crippen MR) is 98.1 cm³/mol. The van der Waals surface area contributed by atoms with Crippen molar-refractivity contribution >= 4 is 22.7 Å². The van der Waals surface area contributed by atoms with Gasteiger partial charge in [-0.15, -0.1) is 0 Å². The maximum Gasteiger partial charge on any atom is 0.308 e. The van der Waals surface area contributed by atoms with Gasteiger partial charge in [-0.05, 0) is 35.0 Å². The second kappa shape index (κ2) is 7.66. The molecule has 0 aromatic heterocycles. The highest BCUT2D eigenvalue weighted by atomic mass is 16.6.